The zero-order valence-corrected chi connectivity index (χ0v) is 17.5. The smallest absolute Gasteiger partial charge is 0.269 e. The molecule has 0 N–H and O–H groups in total. The molecule has 0 fully saturated rings. The van der Waals surface area contributed by atoms with Crippen molar-refractivity contribution in [2.24, 2.45) is 0 Å². The first-order valence-corrected chi connectivity index (χ1v) is 9.29. The number of likely N-dealkylation sites (N-methyl/N-ethyl adjacent to an activating group) is 1. The zero-order chi connectivity index (χ0) is 21.6. The van der Waals surface area contributed by atoms with Crippen LogP contribution in [0.4, 0.5) is 5.69 Å². The van der Waals surface area contributed by atoms with E-state index in [0.717, 1.165) is 0 Å². The summed E-state index contributed by atoms with van der Waals surface area (Å²) in [5.41, 5.74) is 1.34. The minimum absolute atomic E-state index is 0.00988. The first kappa shape index (κ1) is 22.2. The van der Waals surface area contributed by atoms with Gasteiger partial charge in [-0.2, -0.15) is 0 Å². The molecule has 0 spiro atoms. The van der Waals surface area contributed by atoms with Gasteiger partial charge in [0.05, 0.1) is 23.2 Å². The lowest BCUT2D eigenvalue weighted by atomic mass is 10.1. The normalized spacial score (nSPS) is 11.0. The van der Waals surface area contributed by atoms with Crippen LogP contribution in [0, 0.1) is 10.1 Å². The number of benzene rings is 2. The number of carbonyl (C=O) groups excluding carboxylic acids is 1. The van der Waals surface area contributed by atoms with E-state index in [1.54, 1.807) is 37.4 Å². The molecule has 154 valence electrons. The molecule has 2 aromatic carbocycles. The Hall–Kier alpha value is -3.06. The van der Waals surface area contributed by atoms with Gasteiger partial charge >= 0.3 is 0 Å². The SMILES string of the molecule is COc1cc(/C=C/C(=O)N(C)Cc2cccc([N+](=O)[O-])c2)cc(Cl)c1OC(C)C. The predicted molar refractivity (Wildman–Crippen MR) is 112 cm³/mol. The Kier molecular flexibility index (Phi) is 7.61. The molecule has 0 aliphatic heterocycles. The summed E-state index contributed by atoms with van der Waals surface area (Å²) in [7, 11) is 3.14. The minimum Gasteiger partial charge on any atom is -0.493 e. The van der Waals surface area contributed by atoms with Gasteiger partial charge in [-0.15, -0.1) is 0 Å². The standard InChI is InChI=1S/C21H23ClN2O5/c1-14(2)29-21-18(22)11-15(12-19(21)28-4)8-9-20(25)23(3)13-16-6-5-7-17(10-16)24(26)27/h5-12,14H,13H2,1-4H3/b9-8+. The van der Waals surface area contributed by atoms with Crippen LogP contribution in [-0.2, 0) is 11.3 Å². The van der Waals surface area contributed by atoms with Crippen LogP contribution in [0.15, 0.2) is 42.5 Å². The lowest BCUT2D eigenvalue weighted by molar-refractivity contribution is -0.384. The molecular formula is C21H23ClN2O5. The van der Waals surface area contributed by atoms with Gasteiger partial charge in [-0.25, -0.2) is 0 Å². The molecule has 0 unspecified atom stereocenters. The van der Waals surface area contributed by atoms with E-state index in [2.05, 4.69) is 0 Å². The average molecular weight is 419 g/mol. The van der Waals surface area contributed by atoms with Crippen LogP contribution < -0.4 is 9.47 Å². The van der Waals surface area contributed by atoms with Crippen molar-refractivity contribution in [2.45, 2.75) is 26.5 Å². The molecule has 0 bridgehead atoms. The second kappa shape index (κ2) is 9.93. The van der Waals surface area contributed by atoms with Crippen LogP contribution in [0.5, 0.6) is 11.5 Å². The van der Waals surface area contributed by atoms with Crippen LogP contribution in [0.3, 0.4) is 0 Å². The Morgan fingerprint density at radius 1 is 1.31 bits per heavy atom. The van der Waals surface area contributed by atoms with Crippen molar-refractivity contribution in [1.82, 2.24) is 4.90 Å². The van der Waals surface area contributed by atoms with E-state index in [4.69, 9.17) is 21.1 Å². The van der Waals surface area contributed by atoms with Gasteiger partial charge in [-0.3, -0.25) is 14.9 Å². The van der Waals surface area contributed by atoms with Gasteiger partial charge in [0.1, 0.15) is 0 Å². The fourth-order valence-corrected chi connectivity index (χ4v) is 2.86. The third-order valence-corrected chi connectivity index (χ3v) is 4.22. The van der Waals surface area contributed by atoms with Gasteiger partial charge in [-0.05, 0) is 43.2 Å². The van der Waals surface area contributed by atoms with E-state index in [-0.39, 0.29) is 24.2 Å². The summed E-state index contributed by atoms with van der Waals surface area (Å²) in [6.45, 7) is 4.02. The fourth-order valence-electron chi connectivity index (χ4n) is 2.60. The predicted octanol–water partition coefficient (Wildman–Crippen LogP) is 4.72. The molecule has 0 radical (unpaired) electrons. The highest BCUT2D eigenvalue weighted by molar-refractivity contribution is 6.32. The Morgan fingerprint density at radius 2 is 2.03 bits per heavy atom. The second-order valence-electron chi connectivity index (χ2n) is 6.66. The van der Waals surface area contributed by atoms with Gasteiger partial charge in [0.25, 0.3) is 5.69 Å². The molecule has 0 heterocycles. The Bertz CT molecular complexity index is 927. The number of halogens is 1. The van der Waals surface area contributed by atoms with E-state index >= 15 is 0 Å². The van der Waals surface area contributed by atoms with Crippen molar-refractivity contribution in [1.29, 1.82) is 0 Å². The summed E-state index contributed by atoms with van der Waals surface area (Å²) in [6.07, 6.45) is 2.97. The van der Waals surface area contributed by atoms with Crippen molar-refractivity contribution in [3.05, 3.63) is 68.7 Å². The lowest BCUT2D eigenvalue weighted by Gasteiger charge is -2.16. The maximum absolute atomic E-state index is 12.4. The fraction of sp³-hybridized carbons (Fsp3) is 0.286. The largest absolute Gasteiger partial charge is 0.493 e. The van der Waals surface area contributed by atoms with Crippen LogP contribution in [0.2, 0.25) is 5.02 Å². The summed E-state index contributed by atoms with van der Waals surface area (Å²) in [6, 6.07) is 9.61. The van der Waals surface area contributed by atoms with E-state index in [1.807, 2.05) is 13.8 Å². The molecule has 0 saturated carbocycles. The van der Waals surface area contributed by atoms with Gasteiger partial charge in [0.15, 0.2) is 11.5 Å². The molecule has 7 nitrogen and oxygen atoms in total. The third kappa shape index (κ3) is 6.22. The number of hydrogen-bond donors (Lipinski definition) is 0. The van der Waals surface area contributed by atoms with Crippen LogP contribution >= 0.6 is 11.6 Å². The van der Waals surface area contributed by atoms with Crippen molar-refractivity contribution in [3.63, 3.8) is 0 Å². The lowest BCUT2D eigenvalue weighted by Crippen LogP contribution is -2.24. The maximum Gasteiger partial charge on any atom is 0.269 e. The van der Waals surface area contributed by atoms with E-state index in [1.165, 1.54) is 30.2 Å². The summed E-state index contributed by atoms with van der Waals surface area (Å²) in [5, 5.41) is 11.3. The number of amides is 1. The number of rotatable bonds is 8. The van der Waals surface area contributed by atoms with Gasteiger partial charge < -0.3 is 14.4 Å². The maximum atomic E-state index is 12.4. The molecule has 2 rings (SSSR count). The number of nitrogens with zero attached hydrogens (tertiary/aromatic N) is 2. The highest BCUT2D eigenvalue weighted by atomic mass is 35.5. The quantitative estimate of drug-likeness (QED) is 0.352. The molecule has 2 aromatic rings. The van der Waals surface area contributed by atoms with E-state index in [0.29, 0.717) is 27.6 Å². The monoisotopic (exact) mass is 418 g/mol. The van der Waals surface area contributed by atoms with Crippen molar-refractivity contribution in [2.75, 3.05) is 14.2 Å². The topological polar surface area (TPSA) is 81.9 Å². The van der Waals surface area contributed by atoms with Gasteiger partial charge in [0.2, 0.25) is 5.91 Å². The van der Waals surface area contributed by atoms with Crippen LogP contribution in [0.25, 0.3) is 6.08 Å². The summed E-state index contributed by atoms with van der Waals surface area (Å²) in [5.74, 6) is 0.674. The molecular weight excluding hydrogens is 396 g/mol. The molecule has 0 aliphatic rings. The molecule has 0 atom stereocenters. The zero-order valence-electron chi connectivity index (χ0n) is 16.7. The summed E-state index contributed by atoms with van der Waals surface area (Å²) < 4.78 is 11.0. The van der Waals surface area contributed by atoms with E-state index in [9.17, 15) is 14.9 Å². The van der Waals surface area contributed by atoms with Gasteiger partial charge in [0, 0.05) is 31.8 Å². The Labute approximate surface area is 174 Å². The Balaban J connectivity index is 2.12. The second-order valence-corrected chi connectivity index (χ2v) is 7.06. The number of non-ortho nitro benzene ring substituents is 1. The van der Waals surface area contributed by atoms with Crippen molar-refractivity contribution < 1.29 is 19.2 Å². The average Bonchev–Trinajstić information content (AvgIpc) is 2.67. The first-order chi connectivity index (χ1) is 13.7. The highest BCUT2D eigenvalue weighted by Gasteiger charge is 2.14. The van der Waals surface area contributed by atoms with Crippen LogP contribution in [-0.4, -0.2) is 36.0 Å². The van der Waals surface area contributed by atoms with Gasteiger partial charge in [-0.1, -0.05) is 23.7 Å². The number of methoxy groups -OCH3 is 1. The van der Waals surface area contributed by atoms with Crippen molar-refractivity contribution in [3.8, 4) is 11.5 Å². The van der Waals surface area contributed by atoms with Crippen LogP contribution in [0.1, 0.15) is 25.0 Å². The number of nitro benzene ring substituents is 1. The molecule has 0 aliphatic carbocycles. The molecule has 0 saturated heterocycles. The molecule has 29 heavy (non-hydrogen) atoms. The van der Waals surface area contributed by atoms with E-state index < -0.39 is 4.92 Å². The third-order valence-electron chi connectivity index (χ3n) is 3.94. The van der Waals surface area contributed by atoms with Crippen molar-refractivity contribution >= 4 is 29.3 Å². The highest BCUT2D eigenvalue weighted by Crippen LogP contribution is 2.37. The number of ether oxygens (including phenoxy) is 2. The Morgan fingerprint density at radius 3 is 2.66 bits per heavy atom. The molecule has 8 heteroatoms. The first-order valence-electron chi connectivity index (χ1n) is 8.92. The number of carbonyl (C=O) groups is 1. The summed E-state index contributed by atoms with van der Waals surface area (Å²) in [4.78, 5) is 24.3. The minimum atomic E-state index is -0.463. The molecule has 1 amide bonds. The molecule has 0 aromatic heterocycles. The summed E-state index contributed by atoms with van der Waals surface area (Å²) >= 11 is 6.29. The number of hydrogen-bond acceptors (Lipinski definition) is 5. The number of nitro groups is 1.